The van der Waals surface area contributed by atoms with Crippen molar-refractivity contribution < 1.29 is 4.79 Å². The predicted octanol–water partition coefficient (Wildman–Crippen LogP) is 4.84. The van der Waals surface area contributed by atoms with Gasteiger partial charge in [0.2, 0.25) is 0 Å². The summed E-state index contributed by atoms with van der Waals surface area (Å²) in [4.78, 5) is 17.2. The van der Waals surface area contributed by atoms with Crippen LogP contribution in [-0.2, 0) is 0 Å². The van der Waals surface area contributed by atoms with Gasteiger partial charge >= 0.3 is 0 Å². The Balaban J connectivity index is 1.82. The number of benzene rings is 2. The van der Waals surface area contributed by atoms with Crippen molar-refractivity contribution in [1.82, 2.24) is 10.3 Å². The second-order valence-electron chi connectivity index (χ2n) is 5.99. The predicted molar refractivity (Wildman–Crippen MR) is 101 cm³/mol. The Bertz CT molecular complexity index is 877. The van der Waals surface area contributed by atoms with Gasteiger partial charge in [0.25, 0.3) is 5.91 Å². The van der Waals surface area contributed by atoms with Crippen molar-refractivity contribution in [2.24, 2.45) is 0 Å². The molecule has 0 spiro atoms. The van der Waals surface area contributed by atoms with Gasteiger partial charge in [-0.15, -0.1) is 0 Å². The molecule has 122 valence electrons. The zero-order valence-corrected chi connectivity index (χ0v) is 15.3. The van der Waals surface area contributed by atoms with E-state index in [2.05, 4.69) is 45.3 Å². The third-order valence-corrected chi connectivity index (χ3v) is 4.57. The smallest absolute Gasteiger partial charge is 0.252 e. The molecule has 3 rings (SSSR count). The number of aryl methyl sites for hydroxylation is 1. The molecule has 0 unspecified atom stereocenters. The largest absolute Gasteiger partial charge is 0.351 e. The van der Waals surface area contributed by atoms with Crippen LogP contribution < -0.4 is 5.32 Å². The number of hydrogen-bond donors (Lipinski definition) is 1. The number of nitrogens with zero attached hydrogens (tertiary/aromatic N) is 1. The van der Waals surface area contributed by atoms with Crippen LogP contribution in [0, 0.1) is 6.92 Å². The molecular weight excluding hydrogens is 364 g/mol. The number of rotatable bonds is 4. The molecule has 0 radical (unpaired) electrons. The van der Waals surface area contributed by atoms with Crippen LogP contribution in [0.4, 0.5) is 0 Å². The van der Waals surface area contributed by atoms with Gasteiger partial charge in [0, 0.05) is 22.1 Å². The van der Waals surface area contributed by atoms with Crippen LogP contribution in [0.1, 0.15) is 34.5 Å². The summed E-state index contributed by atoms with van der Waals surface area (Å²) in [5.41, 5.74) is 3.56. The lowest BCUT2D eigenvalue weighted by molar-refractivity contribution is 0.0953. The van der Waals surface area contributed by atoms with Gasteiger partial charge < -0.3 is 5.32 Å². The number of amides is 1. The Kier molecular flexibility index (Phi) is 4.95. The van der Waals surface area contributed by atoms with Crippen molar-refractivity contribution in [1.29, 1.82) is 0 Å². The molecule has 1 heterocycles. The highest BCUT2D eigenvalue weighted by molar-refractivity contribution is 9.10. The average Bonchev–Trinajstić information content (AvgIpc) is 2.59. The van der Waals surface area contributed by atoms with Crippen LogP contribution in [0.5, 0.6) is 0 Å². The van der Waals surface area contributed by atoms with Crippen LogP contribution in [0.3, 0.4) is 0 Å². The molecule has 24 heavy (non-hydrogen) atoms. The number of nitrogens with one attached hydrogen (secondary N) is 1. The van der Waals surface area contributed by atoms with Crippen LogP contribution in [-0.4, -0.2) is 17.4 Å². The van der Waals surface area contributed by atoms with Crippen molar-refractivity contribution in [2.75, 3.05) is 6.54 Å². The van der Waals surface area contributed by atoms with Crippen LogP contribution in [0.25, 0.3) is 10.9 Å². The highest BCUT2D eigenvalue weighted by Gasteiger charge is 2.14. The molecule has 4 heteroatoms. The van der Waals surface area contributed by atoms with E-state index in [1.165, 1.54) is 5.56 Å². The summed E-state index contributed by atoms with van der Waals surface area (Å²) >= 11 is 3.47. The molecule has 1 aromatic heterocycles. The van der Waals surface area contributed by atoms with E-state index in [1.54, 1.807) is 0 Å². The van der Waals surface area contributed by atoms with Crippen LogP contribution in [0.15, 0.2) is 59.1 Å². The number of hydrogen-bond acceptors (Lipinski definition) is 2. The molecule has 3 aromatic rings. The second-order valence-corrected chi connectivity index (χ2v) is 6.91. The number of carbonyl (C=O) groups excluding carboxylic acids is 1. The first-order valence-electron chi connectivity index (χ1n) is 7.94. The van der Waals surface area contributed by atoms with E-state index in [0.717, 1.165) is 21.1 Å². The van der Waals surface area contributed by atoms with E-state index in [0.29, 0.717) is 12.1 Å². The Morgan fingerprint density at radius 2 is 1.92 bits per heavy atom. The highest BCUT2D eigenvalue weighted by atomic mass is 79.9. The molecule has 0 bridgehead atoms. The summed E-state index contributed by atoms with van der Waals surface area (Å²) in [5, 5.41) is 3.91. The van der Waals surface area contributed by atoms with Crippen molar-refractivity contribution >= 4 is 32.7 Å². The number of fused-ring (bicyclic) bond motifs is 1. The quantitative estimate of drug-likeness (QED) is 0.701. The Morgan fingerprint density at radius 1 is 1.17 bits per heavy atom. The highest BCUT2D eigenvalue weighted by Crippen LogP contribution is 2.23. The Labute approximate surface area is 150 Å². The van der Waals surface area contributed by atoms with E-state index >= 15 is 0 Å². The van der Waals surface area contributed by atoms with Crippen molar-refractivity contribution in [3.05, 3.63) is 75.9 Å². The molecule has 0 fully saturated rings. The zero-order chi connectivity index (χ0) is 17.1. The number of halogens is 1. The zero-order valence-electron chi connectivity index (χ0n) is 13.7. The first-order chi connectivity index (χ1) is 11.5. The Hall–Kier alpha value is -2.20. The number of pyridine rings is 1. The molecule has 0 aliphatic rings. The molecule has 0 aliphatic carbocycles. The van der Waals surface area contributed by atoms with Crippen molar-refractivity contribution in [2.45, 2.75) is 19.8 Å². The Morgan fingerprint density at radius 3 is 2.67 bits per heavy atom. The lowest BCUT2D eigenvalue weighted by Crippen LogP contribution is -2.27. The van der Waals surface area contributed by atoms with Gasteiger partial charge in [-0.3, -0.25) is 9.78 Å². The van der Waals surface area contributed by atoms with Gasteiger partial charge in [-0.05, 0) is 42.7 Å². The first-order valence-corrected chi connectivity index (χ1v) is 8.74. The minimum Gasteiger partial charge on any atom is -0.351 e. The molecule has 2 aromatic carbocycles. The second kappa shape index (κ2) is 7.14. The van der Waals surface area contributed by atoms with E-state index in [4.69, 9.17) is 0 Å². The summed E-state index contributed by atoms with van der Waals surface area (Å²) in [7, 11) is 0. The number of aromatic nitrogens is 1. The van der Waals surface area contributed by atoms with E-state index in [9.17, 15) is 4.79 Å². The summed E-state index contributed by atoms with van der Waals surface area (Å²) < 4.78 is 0.937. The number of carbonyl (C=O) groups is 1. The van der Waals surface area contributed by atoms with Crippen LogP contribution >= 0.6 is 15.9 Å². The molecule has 3 nitrogen and oxygen atoms in total. The van der Waals surface area contributed by atoms with E-state index in [-0.39, 0.29) is 11.8 Å². The third-order valence-electron chi connectivity index (χ3n) is 4.08. The topological polar surface area (TPSA) is 42.0 Å². The maximum atomic E-state index is 12.7. The summed E-state index contributed by atoms with van der Waals surface area (Å²) in [6.45, 7) is 4.62. The normalized spacial score (nSPS) is 12.1. The van der Waals surface area contributed by atoms with E-state index in [1.807, 2.05) is 49.4 Å². The lowest BCUT2D eigenvalue weighted by Gasteiger charge is -2.14. The van der Waals surface area contributed by atoms with E-state index < -0.39 is 0 Å². The minimum atomic E-state index is -0.0635. The molecule has 0 saturated carbocycles. The molecule has 1 amide bonds. The maximum absolute atomic E-state index is 12.7. The summed E-state index contributed by atoms with van der Waals surface area (Å²) in [5.74, 6) is 0.197. The summed E-state index contributed by atoms with van der Waals surface area (Å²) in [6.07, 6.45) is 0. The SMILES string of the molecule is Cc1cc(C(=O)NC[C@H](C)c2ccccc2)c2cc(Br)ccc2n1. The van der Waals surface area contributed by atoms with Gasteiger partial charge in [0.1, 0.15) is 0 Å². The average molecular weight is 383 g/mol. The lowest BCUT2D eigenvalue weighted by atomic mass is 10.0. The minimum absolute atomic E-state index is 0.0635. The standard InChI is InChI=1S/C20H19BrN2O/c1-13(15-6-4-3-5-7-15)12-22-20(24)18-10-14(2)23-19-9-8-16(21)11-17(18)19/h3-11,13H,12H2,1-2H3,(H,22,24)/t13-/m0/s1. The molecular formula is C20H19BrN2O. The molecule has 0 aliphatic heterocycles. The van der Waals surface area contributed by atoms with Crippen LogP contribution in [0.2, 0.25) is 0 Å². The van der Waals surface area contributed by atoms with Gasteiger partial charge in [-0.1, -0.05) is 53.2 Å². The monoisotopic (exact) mass is 382 g/mol. The van der Waals surface area contributed by atoms with Crippen molar-refractivity contribution in [3.63, 3.8) is 0 Å². The third kappa shape index (κ3) is 3.65. The fourth-order valence-electron chi connectivity index (χ4n) is 2.76. The van der Waals surface area contributed by atoms with Gasteiger partial charge in [0.05, 0.1) is 11.1 Å². The van der Waals surface area contributed by atoms with Gasteiger partial charge in [-0.25, -0.2) is 0 Å². The van der Waals surface area contributed by atoms with Gasteiger partial charge in [0.15, 0.2) is 0 Å². The van der Waals surface area contributed by atoms with Gasteiger partial charge in [-0.2, -0.15) is 0 Å². The summed E-state index contributed by atoms with van der Waals surface area (Å²) in [6, 6.07) is 17.9. The fraction of sp³-hybridized carbons (Fsp3) is 0.200. The fourth-order valence-corrected chi connectivity index (χ4v) is 3.12. The maximum Gasteiger partial charge on any atom is 0.252 e. The molecule has 1 atom stereocenters. The molecule has 0 saturated heterocycles. The molecule has 1 N–H and O–H groups in total. The first kappa shape index (κ1) is 16.7. The van der Waals surface area contributed by atoms with Crippen molar-refractivity contribution in [3.8, 4) is 0 Å².